The number of halogens is 1. The molecule has 0 aromatic heterocycles. The van der Waals surface area contributed by atoms with Gasteiger partial charge in [-0.3, -0.25) is 10.1 Å². The highest BCUT2D eigenvalue weighted by Gasteiger charge is 2.12. The Morgan fingerprint density at radius 1 is 1.59 bits per heavy atom. The number of hydrogen-bond donors (Lipinski definition) is 1. The number of nitrogens with zero attached hydrogens (tertiary/aromatic N) is 1. The highest BCUT2D eigenvalue weighted by molar-refractivity contribution is 7.99. The molecule has 0 bridgehead atoms. The molecule has 0 heterocycles. The van der Waals surface area contributed by atoms with E-state index >= 15 is 0 Å². The summed E-state index contributed by atoms with van der Waals surface area (Å²) in [6.45, 7) is 3.61. The van der Waals surface area contributed by atoms with Gasteiger partial charge in [-0.1, -0.05) is 24.6 Å². The molecule has 6 heteroatoms. The van der Waals surface area contributed by atoms with Crippen LogP contribution in [-0.2, 0) is 6.54 Å². The molecule has 94 valence electrons. The minimum Gasteiger partial charge on any atom is -0.312 e. The van der Waals surface area contributed by atoms with Crippen LogP contribution in [0.5, 0.6) is 0 Å². The zero-order valence-corrected chi connectivity index (χ0v) is 11.3. The molecule has 1 atom stereocenters. The number of benzene rings is 1. The Bertz CT molecular complexity index is 401. The summed E-state index contributed by atoms with van der Waals surface area (Å²) in [4.78, 5) is 10.2. The van der Waals surface area contributed by atoms with E-state index in [1.165, 1.54) is 6.07 Å². The highest BCUT2D eigenvalue weighted by atomic mass is 35.5. The Hall–Kier alpha value is -0.780. The maximum atomic E-state index is 10.7. The standard InChI is InChI=1S/C11H15ClN2O2S/c1-8(17-2)6-13-7-9-3-4-10(12)11(5-9)14(15)16/h3-5,8,13H,6-7H2,1-2H3. The van der Waals surface area contributed by atoms with Crippen LogP contribution in [0.15, 0.2) is 18.2 Å². The second kappa shape index (κ2) is 6.83. The summed E-state index contributed by atoms with van der Waals surface area (Å²) in [5.41, 5.74) is 0.832. The fraction of sp³-hybridized carbons (Fsp3) is 0.455. The van der Waals surface area contributed by atoms with Crippen molar-refractivity contribution in [2.45, 2.75) is 18.7 Å². The van der Waals surface area contributed by atoms with E-state index in [9.17, 15) is 10.1 Å². The van der Waals surface area contributed by atoms with Gasteiger partial charge < -0.3 is 5.32 Å². The fourth-order valence-corrected chi connectivity index (χ4v) is 1.78. The average Bonchev–Trinajstić information content (AvgIpc) is 2.30. The van der Waals surface area contributed by atoms with Crippen molar-refractivity contribution in [3.8, 4) is 0 Å². The third kappa shape index (κ3) is 4.53. The molecule has 17 heavy (non-hydrogen) atoms. The predicted molar refractivity (Wildman–Crippen MR) is 72.8 cm³/mol. The Labute approximate surface area is 110 Å². The quantitative estimate of drug-likeness (QED) is 0.640. The lowest BCUT2D eigenvalue weighted by Crippen LogP contribution is -2.22. The van der Waals surface area contributed by atoms with Crippen molar-refractivity contribution >= 4 is 29.1 Å². The lowest BCUT2D eigenvalue weighted by molar-refractivity contribution is -0.384. The Balaban J connectivity index is 2.60. The molecule has 0 saturated heterocycles. The van der Waals surface area contributed by atoms with Gasteiger partial charge in [-0.2, -0.15) is 11.8 Å². The molecule has 1 aromatic rings. The lowest BCUT2D eigenvalue weighted by atomic mass is 10.2. The largest absolute Gasteiger partial charge is 0.312 e. The van der Waals surface area contributed by atoms with Gasteiger partial charge in [-0.25, -0.2) is 0 Å². The summed E-state index contributed by atoms with van der Waals surface area (Å²) >= 11 is 7.51. The van der Waals surface area contributed by atoms with E-state index < -0.39 is 4.92 Å². The van der Waals surface area contributed by atoms with Gasteiger partial charge in [0.25, 0.3) is 5.69 Å². The molecule has 1 aromatic carbocycles. The predicted octanol–water partition coefficient (Wildman–Crippen LogP) is 3.09. The summed E-state index contributed by atoms with van der Waals surface area (Å²) in [5, 5.41) is 14.7. The van der Waals surface area contributed by atoms with Crippen LogP contribution < -0.4 is 5.32 Å². The molecule has 0 radical (unpaired) electrons. The summed E-state index contributed by atoms with van der Waals surface area (Å²) in [5.74, 6) is 0. The van der Waals surface area contributed by atoms with Gasteiger partial charge in [-0.05, 0) is 17.9 Å². The first-order chi connectivity index (χ1) is 8.04. The monoisotopic (exact) mass is 274 g/mol. The van der Waals surface area contributed by atoms with E-state index in [2.05, 4.69) is 18.5 Å². The number of thioether (sulfide) groups is 1. The second-order valence-electron chi connectivity index (χ2n) is 3.72. The Morgan fingerprint density at radius 2 is 2.29 bits per heavy atom. The number of nitro groups is 1. The molecule has 1 unspecified atom stereocenters. The molecule has 4 nitrogen and oxygen atoms in total. The maximum Gasteiger partial charge on any atom is 0.288 e. The maximum absolute atomic E-state index is 10.7. The van der Waals surface area contributed by atoms with E-state index in [1.54, 1.807) is 23.9 Å². The highest BCUT2D eigenvalue weighted by Crippen LogP contribution is 2.24. The molecule has 0 aliphatic rings. The van der Waals surface area contributed by atoms with Crippen LogP contribution in [0.1, 0.15) is 12.5 Å². The molecule has 1 rings (SSSR count). The van der Waals surface area contributed by atoms with Crippen molar-refractivity contribution in [1.82, 2.24) is 5.32 Å². The molecular weight excluding hydrogens is 260 g/mol. The normalized spacial score (nSPS) is 12.4. The summed E-state index contributed by atoms with van der Waals surface area (Å²) in [6.07, 6.45) is 2.06. The molecule has 0 spiro atoms. The van der Waals surface area contributed by atoms with Gasteiger partial charge in [0.1, 0.15) is 5.02 Å². The van der Waals surface area contributed by atoms with Crippen molar-refractivity contribution in [3.05, 3.63) is 38.9 Å². The molecule has 0 amide bonds. The lowest BCUT2D eigenvalue weighted by Gasteiger charge is -2.09. The molecule has 0 fully saturated rings. The Morgan fingerprint density at radius 3 is 2.88 bits per heavy atom. The van der Waals surface area contributed by atoms with Crippen LogP contribution in [0.2, 0.25) is 5.02 Å². The van der Waals surface area contributed by atoms with Crippen LogP contribution >= 0.6 is 23.4 Å². The van der Waals surface area contributed by atoms with Crippen molar-refractivity contribution in [3.63, 3.8) is 0 Å². The van der Waals surface area contributed by atoms with Gasteiger partial charge in [-0.15, -0.1) is 0 Å². The van der Waals surface area contributed by atoms with Crippen molar-refractivity contribution in [2.24, 2.45) is 0 Å². The van der Waals surface area contributed by atoms with Crippen LogP contribution in [0.3, 0.4) is 0 Å². The van der Waals surface area contributed by atoms with E-state index in [0.29, 0.717) is 11.8 Å². The summed E-state index contributed by atoms with van der Waals surface area (Å²) in [7, 11) is 0. The SMILES string of the molecule is CSC(C)CNCc1ccc(Cl)c([N+](=O)[O-])c1. The van der Waals surface area contributed by atoms with Gasteiger partial charge in [0.2, 0.25) is 0 Å². The minimum absolute atomic E-state index is 0.0381. The topological polar surface area (TPSA) is 55.2 Å². The van der Waals surface area contributed by atoms with E-state index in [-0.39, 0.29) is 10.7 Å². The molecule has 0 aliphatic heterocycles. The first kappa shape index (κ1) is 14.3. The Kier molecular flexibility index (Phi) is 5.74. The average molecular weight is 275 g/mol. The molecule has 0 aliphatic carbocycles. The number of nitro benzene ring substituents is 1. The van der Waals surface area contributed by atoms with Gasteiger partial charge in [0, 0.05) is 24.4 Å². The van der Waals surface area contributed by atoms with E-state index in [0.717, 1.165) is 12.1 Å². The van der Waals surface area contributed by atoms with Crippen LogP contribution in [0.25, 0.3) is 0 Å². The van der Waals surface area contributed by atoms with Gasteiger partial charge in [0.15, 0.2) is 0 Å². The van der Waals surface area contributed by atoms with E-state index in [4.69, 9.17) is 11.6 Å². The first-order valence-electron chi connectivity index (χ1n) is 5.21. The second-order valence-corrected chi connectivity index (χ2v) is 5.40. The number of rotatable bonds is 6. The summed E-state index contributed by atoms with van der Waals surface area (Å²) < 4.78 is 0. The first-order valence-corrected chi connectivity index (χ1v) is 6.87. The van der Waals surface area contributed by atoms with Crippen molar-refractivity contribution in [1.29, 1.82) is 0 Å². The van der Waals surface area contributed by atoms with Crippen LogP contribution in [-0.4, -0.2) is 23.0 Å². The van der Waals surface area contributed by atoms with Gasteiger partial charge >= 0.3 is 0 Å². The molecule has 1 N–H and O–H groups in total. The minimum atomic E-state index is -0.462. The van der Waals surface area contributed by atoms with Crippen LogP contribution in [0.4, 0.5) is 5.69 Å². The number of hydrogen-bond acceptors (Lipinski definition) is 4. The van der Waals surface area contributed by atoms with Crippen molar-refractivity contribution < 1.29 is 4.92 Å². The third-order valence-corrected chi connectivity index (χ3v) is 3.66. The van der Waals surface area contributed by atoms with E-state index in [1.807, 2.05) is 0 Å². The molecule has 0 saturated carbocycles. The zero-order valence-electron chi connectivity index (χ0n) is 9.77. The van der Waals surface area contributed by atoms with Crippen molar-refractivity contribution in [2.75, 3.05) is 12.8 Å². The van der Waals surface area contributed by atoms with Gasteiger partial charge in [0.05, 0.1) is 4.92 Å². The van der Waals surface area contributed by atoms with Crippen LogP contribution in [0, 0.1) is 10.1 Å². The smallest absolute Gasteiger partial charge is 0.288 e. The number of nitrogens with one attached hydrogen (secondary N) is 1. The zero-order chi connectivity index (χ0) is 12.8. The fourth-order valence-electron chi connectivity index (χ4n) is 1.31. The summed E-state index contributed by atoms with van der Waals surface area (Å²) in [6, 6.07) is 4.87. The molecular formula is C11H15ClN2O2S. The third-order valence-electron chi connectivity index (χ3n) is 2.37.